The lowest BCUT2D eigenvalue weighted by Crippen LogP contribution is -2.35. The molecule has 2 aromatic carbocycles. The fraction of sp³-hybridized carbons (Fsp3) is 0.250. The standard InChI is InChI=1S/C24H22N6O4S/c25-21-20(22(31)26-23-29(21)27-24(35-23)28-12-2-1-3-13-28)14-16-6-10-19(11-7-16)34-15-17-4-8-18(9-5-17)30(32)33/h4-11,14,25H,1-3,12-13,15H2/b20-14-,25-21?. The van der Waals surface area contributed by atoms with Crippen molar-refractivity contribution >= 4 is 45.6 Å². The number of ether oxygens (including phenoxy) is 1. The number of nitro groups is 1. The number of nitro benzene ring substituents is 1. The van der Waals surface area contributed by atoms with Crippen molar-refractivity contribution in [3.63, 3.8) is 0 Å². The van der Waals surface area contributed by atoms with Gasteiger partial charge < -0.3 is 9.64 Å². The molecule has 1 fully saturated rings. The van der Waals surface area contributed by atoms with E-state index in [9.17, 15) is 14.9 Å². The van der Waals surface area contributed by atoms with Gasteiger partial charge in [-0.15, -0.1) is 5.10 Å². The van der Waals surface area contributed by atoms with E-state index < -0.39 is 10.8 Å². The van der Waals surface area contributed by atoms with Gasteiger partial charge in [-0.2, -0.15) is 10.0 Å². The summed E-state index contributed by atoms with van der Waals surface area (Å²) in [5, 5.41) is 26.5. The molecule has 11 heteroatoms. The lowest BCUT2D eigenvalue weighted by molar-refractivity contribution is -0.384. The molecule has 0 radical (unpaired) electrons. The van der Waals surface area contributed by atoms with Crippen LogP contribution in [0, 0.1) is 15.5 Å². The number of aliphatic imine (C=N–C) groups is 1. The van der Waals surface area contributed by atoms with Crippen LogP contribution < -0.4 is 4.74 Å². The number of nitrogens with one attached hydrogen (secondary N) is 1. The van der Waals surface area contributed by atoms with Gasteiger partial charge in [0, 0.05) is 25.2 Å². The molecular weight excluding hydrogens is 468 g/mol. The van der Waals surface area contributed by atoms with Gasteiger partial charge in [-0.1, -0.05) is 12.1 Å². The topological polar surface area (TPSA) is 124 Å². The predicted octanol–water partition coefficient (Wildman–Crippen LogP) is 4.24. The van der Waals surface area contributed by atoms with Crippen molar-refractivity contribution in [2.24, 2.45) is 10.1 Å². The number of carbonyl (C=O) groups excluding carboxylic acids is 1. The fourth-order valence-electron chi connectivity index (χ4n) is 3.90. The van der Waals surface area contributed by atoms with Gasteiger partial charge in [0.25, 0.3) is 11.6 Å². The third kappa shape index (κ3) is 4.94. The molecule has 0 atom stereocenters. The number of piperidine rings is 1. The number of hydrogen-bond donors (Lipinski definition) is 1. The maximum Gasteiger partial charge on any atom is 0.283 e. The van der Waals surface area contributed by atoms with Crippen molar-refractivity contribution in [1.29, 1.82) is 5.41 Å². The van der Waals surface area contributed by atoms with Crippen LogP contribution in [0.5, 0.6) is 5.75 Å². The lowest BCUT2D eigenvalue weighted by Gasteiger charge is -2.26. The van der Waals surface area contributed by atoms with Gasteiger partial charge in [0.2, 0.25) is 5.17 Å². The number of non-ortho nitro benzene ring substituents is 1. The Morgan fingerprint density at radius 2 is 1.77 bits per heavy atom. The third-order valence-electron chi connectivity index (χ3n) is 5.81. The zero-order valence-corrected chi connectivity index (χ0v) is 19.5. The second-order valence-electron chi connectivity index (χ2n) is 8.23. The minimum absolute atomic E-state index is 0.0120. The van der Waals surface area contributed by atoms with E-state index in [2.05, 4.69) is 15.0 Å². The van der Waals surface area contributed by atoms with Gasteiger partial charge in [0.15, 0.2) is 11.0 Å². The van der Waals surface area contributed by atoms with Gasteiger partial charge in [0.1, 0.15) is 12.4 Å². The van der Waals surface area contributed by atoms with E-state index in [1.807, 2.05) is 0 Å². The SMILES string of the molecule is N=C1/C(=C/c2ccc(OCc3ccc([N+](=O)[O-])cc3)cc2)C(=O)N=C2SC(N3CCCCC3)=NN12. The molecule has 1 N–H and O–H groups in total. The highest BCUT2D eigenvalue weighted by Gasteiger charge is 2.37. The Morgan fingerprint density at radius 1 is 1.06 bits per heavy atom. The quantitative estimate of drug-likeness (QED) is 0.378. The number of likely N-dealkylation sites (tertiary alicyclic amines) is 1. The predicted molar refractivity (Wildman–Crippen MR) is 134 cm³/mol. The molecule has 5 rings (SSSR count). The van der Waals surface area contributed by atoms with Gasteiger partial charge >= 0.3 is 0 Å². The molecule has 178 valence electrons. The molecule has 3 aliphatic rings. The number of hydrogen-bond acceptors (Lipinski definition) is 8. The monoisotopic (exact) mass is 490 g/mol. The summed E-state index contributed by atoms with van der Waals surface area (Å²) in [6, 6.07) is 13.3. The molecule has 1 amide bonds. The normalized spacial score (nSPS) is 18.9. The van der Waals surface area contributed by atoms with Crippen LogP contribution in [-0.4, -0.2) is 50.0 Å². The van der Waals surface area contributed by atoms with Crippen LogP contribution >= 0.6 is 11.8 Å². The van der Waals surface area contributed by atoms with Crippen molar-refractivity contribution in [3.8, 4) is 5.75 Å². The summed E-state index contributed by atoms with van der Waals surface area (Å²) in [6.45, 7) is 2.12. The van der Waals surface area contributed by atoms with Crippen LogP contribution in [0.3, 0.4) is 0 Å². The highest BCUT2D eigenvalue weighted by Crippen LogP contribution is 2.30. The largest absolute Gasteiger partial charge is 0.489 e. The van der Waals surface area contributed by atoms with E-state index in [1.165, 1.54) is 35.3 Å². The Hall–Kier alpha value is -3.99. The van der Waals surface area contributed by atoms with Crippen molar-refractivity contribution < 1.29 is 14.5 Å². The summed E-state index contributed by atoms with van der Waals surface area (Å²) >= 11 is 1.34. The molecule has 0 spiro atoms. The Kier molecular flexibility index (Phi) is 6.32. The number of nitrogens with zero attached hydrogens (tertiary/aromatic N) is 5. The first-order chi connectivity index (χ1) is 17.0. The Bertz CT molecular complexity index is 1260. The Labute approximate surface area is 205 Å². The molecule has 1 saturated heterocycles. The number of carbonyl (C=O) groups is 1. The van der Waals surface area contributed by atoms with E-state index in [4.69, 9.17) is 10.1 Å². The van der Waals surface area contributed by atoms with Gasteiger partial charge in [-0.25, -0.2) is 0 Å². The molecule has 2 aromatic rings. The van der Waals surface area contributed by atoms with Gasteiger partial charge in [-0.05, 0) is 72.5 Å². The summed E-state index contributed by atoms with van der Waals surface area (Å²) in [5.41, 5.74) is 1.75. The zero-order chi connectivity index (χ0) is 24.4. The molecule has 35 heavy (non-hydrogen) atoms. The molecule has 0 bridgehead atoms. The van der Waals surface area contributed by atoms with Crippen LogP contribution in [0.4, 0.5) is 5.69 Å². The van der Waals surface area contributed by atoms with E-state index in [1.54, 1.807) is 42.5 Å². The highest BCUT2D eigenvalue weighted by molar-refractivity contribution is 8.26. The zero-order valence-electron chi connectivity index (χ0n) is 18.7. The van der Waals surface area contributed by atoms with Crippen LogP contribution in [0.2, 0.25) is 0 Å². The van der Waals surface area contributed by atoms with Crippen LogP contribution in [-0.2, 0) is 11.4 Å². The number of hydrazone groups is 1. The molecule has 0 unspecified atom stereocenters. The van der Waals surface area contributed by atoms with Crippen molar-refractivity contribution in [2.75, 3.05) is 13.1 Å². The summed E-state index contributed by atoms with van der Waals surface area (Å²) in [7, 11) is 0. The average molecular weight is 491 g/mol. The lowest BCUT2D eigenvalue weighted by atomic mass is 10.1. The summed E-state index contributed by atoms with van der Waals surface area (Å²) in [5.74, 6) is 0.169. The Morgan fingerprint density at radius 3 is 2.46 bits per heavy atom. The molecule has 3 aliphatic heterocycles. The van der Waals surface area contributed by atoms with Crippen LogP contribution in [0.25, 0.3) is 6.08 Å². The number of fused-ring (bicyclic) bond motifs is 1. The second-order valence-corrected chi connectivity index (χ2v) is 9.17. The summed E-state index contributed by atoms with van der Waals surface area (Å²) < 4.78 is 5.75. The van der Waals surface area contributed by atoms with Crippen molar-refractivity contribution in [2.45, 2.75) is 25.9 Å². The maximum absolute atomic E-state index is 12.7. The molecular formula is C24H22N6O4S. The van der Waals surface area contributed by atoms with Crippen molar-refractivity contribution in [1.82, 2.24) is 9.91 Å². The van der Waals surface area contributed by atoms with Crippen LogP contribution in [0.1, 0.15) is 30.4 Å². The number of amidine groups is 3. The second kappa shape index (κ2) is 9.71. The first-order valence-electron chi connectivity index (χ1n) is 11.2. The van der Waals surface area contributed by atoms with E-state index in [0.717, 1.165) is 42.2 Å². The summed E-state index contributed by atoms with van der Waals surface area (Å²) in [6.07, 6.45) is 5.06. The number of amides is 1. The van der Waals surface area contributed by atoms with E-state index >= 15 is 0 Å². The molecule has 0 aliphatic carbocycles. The molecule has 0 saturated carbocycles. The fourth-order valence-corrected chi connectivity index (χ4v) is 4.85. The van der Waals surface area contributed by atoms with E-state index in [-0.39, 0.29) is 23.7 Å². The highest BCUT2D eigenvalue weighted by atomic mass is 32.2. The molecule has 0 aromatic heterocycles. The van der Waals surface area contributed by atoms with Crippen molar-refractivity contribution in [3.05, 3.63) is 75.3 Å². The molecule has 3 heterocycles. The third-order valence-corrected chi connectivity index (χ3v) is 6.78. The minimum atomic E-state index is -0.456. The Balaban J connectivity index is 1.25. The number of rotatable bonds is 5. The van der Waals surface area contributed by atoms with Gasteiger partial charge in [-0.3, -0.25) is 20.3 Å². The number of benzene rings is 2. The average Bonchev–Trinajstić information content (AvgIpc) is 3.31. The molecule has 10 nitrogen and oxygen atoms in total. The first-order valence-corrected chi connectivity index (χ1v) is 12.0. The smallest absolute Gasteiger partial charge is 0.283 e. The maximum atomic E-state index is 12.7. The van der Waals surface area contributed by atoms with E-state index in [0.29, 0.717) is 10.9 Å². The summed E-state index contributed by atoms with van der Waals surface area (Å²) in [4.78, 5) is 29.3. The van der Waals surface area contributed by atoms with Crippen LogP contribution in [0.15, 0.2) is 64.2 Å². The minimum Gasteiger partial charge on any atom is -0.489 e. The van der Waals surface area contributed by atoms with Gasteiger partial charge in [0.05, 0.1) is 10.5 Å². The number of thioether (sulfide) groups is 1. The first kappa shape index (κ1) is 22.8.